The molecule has 27 heavy (non-hydrogen) atoms. The minimum Gasteiger partial charge on any atom is -0.381 e. The number of rotatable bonds is 4. The first-order valence-electron chi connectivity index (χ1n) is 11.2. The van der Waals surface area contributed by atoms with Crippen LogP contribution in [0.3, 0.4) is 0 Å². The normalized spacial score (nSPS) is 40.7. The van der Waals surface area contributed by atoms with E-state index in [2.05, 4.69) is 15.5 Å². The Hall–Kier alpha value is -0.850. The molecule has 0 spiro atoms. The Morgan fingerprint density at radius 2 is 1.70 bits per heavy atom. The van der Waals surface area contributed by atoms with E-state index < -0.39 is 0 Å². The van der Waals surface area contributed by atoms with Crippen LogP contribution in [0.4, 0.5) is 4.79 Å². The number of hydrogen-bond donors (Lipinski definition) is 2. The average molecular weight is 378 g/mol. The fourth-order valence-electron chi connectivity index (χ4n) is 7.09. The lowest BCUT2D eigenvalue weighted by Crippen LogP contribution is -2.62. The van der Waals surface area contributed by atoms with Crippen LogP contribution >= 0.6 is 0 Å². The quantitative estimate of drug-likeness (QED) is 0.787. The number of urea groups is 1. The molecule has 2 bridgehead atoms. The number of nitrogens with zero attached hydrogens (tertiary/aromatic N) is 1. The molecule has 5 aliphatic rings. The Balaban J connectivity index is 1.17. The molecule has 152 valence electrons. The molecular formula is C21H35N3O3. The fourth-order valence-corrected chi connectivity index (χ4v) is 7.09. The molecule has 0 radical (unpaired) electrons. The number of morpholine rings is 1. The molecule has 0 aromatic heterocycles. The molecule has 2 heterocycles. The van der Waals surface area contributed by atoms with E-state index in [9.17, 15) is 4.79 Å². The number of carbonyl (C=O) groups excluding carboxylic acids is 1. The molecule has 3 aliphatic carbocycles. The standard InChI is InChI=1S/C21H35N3O3/c25-20(23-19-13-15-12-18(19)17-3-1-2-16(15)17)22-14-21(4-8-26-9-5-21)24-6-10-27-11-7-24/h15-19H,1-14H2,(H2,22,23,25)/t15-,16+,17-,18+,19-/m1/s1. The third kappa shape index (κ3) is 3.38. The summed E-state index contributed by atoms with van der Waals surface area (Å²) in [5.74, 6) is 3.49. The Morgan fingerprint density at radius 1 is 0.963 bits per heavy atom. The first-order chi connectivity index (χ1) is 13.3. The number of amides is 2. The predicted molar refractivity (Wildman–Crippen MR) is 103 cm³/mol. The summed E-state index contributed by atoms with van der Waals surface area (Å²) in [6.07, 6.45) is 8.79. The van der Waals surface area contributed by atoms with Crippen molar-refractivity contribution in [3.8, 4) is 0 Å². The predicted octanol–water partition coefficient (Wildman–Crippen LogP) is 1.99. The first-order valence-corrected chi connectivity index (χ1v) is 11.2. The van der Waals surface area contributed by atoms with E-state index in [0.29, 0.717) is 6.04 Å². The van der Waals surface area contributed by atoms with E-state index in [0.717, 1.165) is 82.6 Å². The molecule has 2 N–H and O–H groups in total. The summed E-state index contributed by atoms with van der Waals surface area (Å²) < 4.78 is 11.2. The minimum atomic E-state index is 0.0323. The van der Waals surface area contributed by atoms with Crippen molar-refractivity contribution in [2.75, 3.05) is 46.1 Å². The second-order valence-electron chi connectivity index (χ2n) is 9.52. The van der Waals surface area contributed by atoms with E-state index in [1.54, 1.807) is 0 Å². The van der Waals surface area contributed by atoms with E-state index in [1.807, 2.05) is 0 Å². The maximum Gasteiger partial charge on any atom is 0.315 e. The lowest BCUT2D eigenvalue weighted by atomic mass is 9.79. The van der Waals surface area contributed by atoms with Crippen LogP contribution in [0.25, 0.3) is 0 Å². The summed E-state index contributed by atoms with van der Waals surface area (Å²) in [7, 11) is 0. The SMILES string of the molecule is O=C(NCC1(N2CCOCC2)CCOCC1)N[C@@H]1C[C@H]2C[C@H]1[C@@H]1CCC[C@@H]21. The molecule has 2 aliphatic heterocycles. The third-order valence-corrected chi connectivity index (χ3v) is 8.43. The van der Waals surface area contributed by atoms with Crippen LogP contribution in [0, 0.1) is 23.7 Å². The van der Waals surface area contributed by atoms with Gasteiger partial charge < -0.3 is 20.1 Å². The molecule has 6 nitrogen and oxygen atoms in total. The monoisotopic (exact) mass is 377 g/mol. The smallest absolute Gasteiger partial charge is 0.315 e. The first kappa shape index (κ1) is 18.2. The lowest BCUT2D eigenvalue weighted by Gasteiger charge is -2.48. The van der Waals surface area contributed by atoms with Crippen molar-refractivity contribution in [1.82, 2.24) is 15.5 Å². The van der Waals surface area contributed by atoms with Crippen molar-refractivity contribution in [3.05, 3.63) is 0 Å². The van der Waals surface area contributed by atoms with Crippen molar-refractivity contribution in [2.45, 2.75) is 56.5 Å². The van der Waals surface area contributed by atoms with Crippen molar-refractivity contribution in [1.29, 1.82) is 0 Å². The molecule has 0 aromatic carbocycles. The number of hydrogen-bond acceptors (Lipinski definition) is 4. The topological polar surface area (TPSA) is 62.8 Å². The van der Waals surface area contributed by atoms with E-state index in [1.165, 1.54) is 32.1 Å². The van der Waals surface area contributed by atoms with Gasteiger partial charge in [0.15, 0.2) is 0 Å². The molecule has 2 saturated heterocycles. The summed E-state index contributed by atoms with van der Waals surface area (Å²) >= 11 is 0. The number of carbonyl (C=O) groups is 1. The summed E-state index contributed by atoms with van der Waals surface area (Å²) in [6, 6.07) is 0.449. The van der Waals surface area contributed by atoms with E-state index >= 15 is 0 Å². The summed E-state index contributed by atoms with van der Waals surface area (Å²) in [5, 5.41) is 6.61. The van der Waals surface area contributed by atoms with Gasteiger partial charge in [0.05, 0.1) is 13.2 Å². The number of ether oxygens (including phenoxy) is 2. The van der Waals surface area contributed by atoms with E-state index in [-0.39, 0.29) is 11.6 Å². The molecule has 2 amide bonds. The van der Waals surface area contributed by atoms with Gasteiger partial charge >= 0.3 is 6.03 Å². The van der Waals surface area contributed by atoms with Gasteiger partial charge in [-0.05, 0) is 62.2 Å². The maximum absolute atomic E-state index is 12.7. The van der Waals surface area contributed by atoms with Crippen molar-refractivity contribution >= 4 is 6.03 Å². The zero-order chi connectivity index (χ0) is 18.3. The van der Waals surface area contributed by atoms with Gasteiger partial charge in [-0.3, -0.25) is 4.90 Å². The van der Waals surface area contributed by atoms with Gasteiger partial charge in [-0.15, -0.1) is 0 Å². The molecule has 6 heteroatoms. The van der Waals surface area contributed by atoms with Gasteiger partial charge in [0.1, 0.15) is 0 Å². The van der Waals surface area contributed by atoms with Gasteiger partial charge in [-0.25, -0.2) is 4.79 Å². The van der Waals surface area contributed by atoms with Crippen LogP contribution in [0.1, 0.15) is 44.9 Å². The van der Waals surface area contributed by atoms with Gasteiger partial charge in [0.25, 0.3) is 0 Å². The summed E-state index contributed by atoms with van der Waals surface area (Å²) in [5.41, 5.74) is 0.0323. The highest BCUT2D eigenvalue weighted by Gasteiger charge is 2.54. The average Bonchev–Trinajstić information content (AvgIpc) is 3.41. The zero-order valence-electron chi connectivity index (χ0n) is 16.5. The molecule has 5 fully saturated rings. The fraction of sp³-hybridized carbons (Fsp3) is 0.952. The molecular weight excluding hydrogens is 342 g/mol. The molecule has 5 atom stereocenters. The lowest BCUT2D eigenvalue weighted by molar-refractivity contribution is -0.0691. The third-order valence-electron chi connectivity index (χ3n) is 8.43. The maximum atomic E-state index is 12.7. The van der Waals surface area contributed by atoms with Crippen LogP contribution in [-0.2, 0) is 9.47 Å². The molecule has 0 unspecified atom stereocenters. The highest BCUT2D eigenvalue weighted by Crippen LogP contribution is 2.58. The van der Waals surface area contributed by atoms with E-state index in [4.69, 9.17) is 9.47 Å². The highest BCUT2D eigenvalue weighted by atomic mass is 16.5. The van der Waals surface area contributed by atoms with Crippen molar-refractivity contribution in [2.24, 2.45) is 23.7 Å². The summed E-state index contributed by atoms with van der Waals surface area (Å²) in [6.45, 7) is 5.80. The second-order valence-corrected chi connectivity index (χ2v) is 9.52. The van der Waals surface area contributed by atoms with Gasteiger partial charge in [-0.2, -0.15) is 0 Å². The molecule has 3 saturated carbocycles. The van der Waals surface area contributed by atoms with Crippen molar-refractivity contribution in [3.63, 3.8) is 0 Å². The van der Waals surface area contributed by atoms with Gasteiger partial charge in [-0.1, -0.05) is 6.42 Å². The number of nitrogens with one attached hydrogen (secondary N) is 2. The molecule has 5 rings (SSSR count). The Bertz CT molecular complexity index is 545. The highest BCUT2D eigenvalue weighted by molar-refractivity contribution is 5.74. The Labute approximate surface area is 162 Å². The van der Waals surface area contributed by atoms with Crippen molar-refractivity contribution < 1.29 is 14.3 Å². The Kier molecular flexibility index (Phi) is 5.07. The van der Waals surface area contributed by atoms with Crippen LogP contribution in [0.2, 0.25) is 0 Å². The summed E-state index contributed by atoms with van der Waals surface area (Å²) in [4.78, 5) is 15.3. The van der Waals surface area contributed by atoms with Crippen LogP contribution in [0.5, 0.6) is 0 Å². The largest absolute Gasteiger partial charge is 0.381 e. The minimum absolute atomic E-state index is 0.0323. The second kappa shape index (κ2) is 7.53. The molecule has 0 aromatic rings. The van der Waals surface area contributed by atoms with Crippen LogP contribution in [0.15, 0.2) is 0 Å². The van der Waals surface area contributed by atoms with Gasteiger partial charge in [0, 0.05) is 44.4 Å². The van der Waals surface area contributed by atoms with Gasteiger partial charge in [0.2, 0.25) is 0 Å². The van der Waals surface area contributed by atoms with Crippen LogP contribution in [-0.4, -0.2) is 68.6 Å². The van der Waals surface area contributed by atoms with Crippen LogP contribution < -0.4 is 10.6 Å². The number of fused-ring (bicyclic) bond motifs is 5. The zero-order valence-corrected chi connectivity index (χ0v) is 16.5. The Morgan fingerprint density at radius 3 is 2.52 bits per heavy atom.